The smallest absolute Gasteiger partial charge is 0.265 e. The highest BCUT2D eigenvalue weighted by Crippen LogP contribution is 2.37. The van der Waals surface area contributed by atoms with Crippen LogP contribution in [0.4, 0.5) is 10.7 Å². The van der Waals surface area contributed by atoms with E-state index >= 15 is 0 Å². The normalized spacial score (nSPS) is 12.7. The summed E-state index contributed by atoms with van der Waals surface area (Å²) in [5.41, 5.74) is 8.78. The number of hydrogen-bond acceptors (Lipinski definition) is 7. The van der Waals surface area contributed by atoms with Crippen LogP contribution >= 0.6 is 22.7 Å². The zero-order valence-corrected chi connectivity index (χ0v) is 20.2. The molecule has 0 spiro atoms. The standard InChI is InChI=1S/C25H20N4O4S2/c1-14-27-18(13-34-14)16-7-8-20-19(9-16)29(23(31)12-33-20)11-22(30)28-25-17(24(26)32)10-21(35-25)15-5-3-2-4-6-15/h2-10,13H,11-12H2,1H3,(H2,26,32)(H,28,30). The van der Waals surface area contributed by atoms with Crippen molar-refractivity contribution in [3.05, 3.63) is 70.5 Å². The van der Waals surface area contributed by atoms with Gasteiger partial charge in [0.05, 0.1) is 22.0 Å². The van der Waals surface area contributed by atoms with Gasteiger partial charge < -0.3 is 15.8 Å². The van der Waals surface area contributed by atoms with E-state index in [-0.39, 0.29) is 24.6 Å². The van der Waals surface area contributed by atoms with Crippen molar-refractivity contribution in [3.63, 3.8) is 0 Å². The minimum atomic E-state index is -0.644. The van der Waals surface area contributed by atoms with Crippen LogP contribution in [0.15, 0.2) is 60.0 Å². The highest BCUT2D eigenvalue weighted by molar-refractivity contribution is 7.20. The Morgan fingerprint density at radius 3 is 2.66 bits per heavy atom. The van der Waals surface area contributed by atoms with Crippen molar-refractivity contribution in [1.82, 2.24) is 4.98 Å². The number of nitrogens with two attached hydrogens (primary N) is 1. The van der Waals surface area contributed by atoms with Crippen molar-refractivity contribution in [3.8, 4) is 27.4 Å². The van der Waals surface area contributed by atoms with E-state index in [1.54, 1.807) is 18.2 Å². The average Bonchev–Trinajstić information content (AvgIpc) is 3.48. The van der Waals surface area contributed by atoms with Crippen molar-refractivity contribution < 1.29 is 19.1 Å². The van der Waals surface area contributed by atoms with Crippen LogP contribution in [-0.2, 0) is 9.59 Å². The molecule has 0 saturated heterocycles. The van der Waals surface area contributed by atoms with Gasteiger partial charge in [-0.05, 0) is 36.8 Å². The van der Waals surface area contributed by atoms with Crippen LogP contribution in [0.1, 0.15) is 15.4 Å². The molecule has 1 aliphatic heterocycles. The molecule has 35 heavy (non-hydrogen) atoms. The van der Waals surface area contributed by atoms with Gasteiger partial charge in [-0.2, -0.15) is 0 Å². The molecule has 0 fully saturated rings. The first kappa shape index (κ1) is 22.8. The van der Waals surface area contributed by atoms with Gasteiger partial charge in [0.25, 0.3) is 11.8 Å². The van der Waals surface area contributed by atoms with Crippen LogP contribution in [-0.4, -0.2) is 35.9 Å². The number of carbonyl (C=O) groups is 3. The van der Waals surface area contributed by atoms with Crippen molar-refractivity contribution in [2.75, 3.05) is 23.4 Å². The molecule has 4 aromatic rings. The molecule has 0 aliphatic carbocycles. The summed E-state index contributed by atoms with van der Waals surface area (Å²) in [5.74, 6) is -0.932. The monoisotopic (exact) mass is 504 g/mol. The number of ether oxygens (including phenoxy) is 1. The molecule has 3 heterocycles. The Morgan fingerprint density at radius 1 is 1.14 bits per heavy atom. The van der Waals surface area contributed by atoms with E-state index in [4.69, 9.17) is 10.5 Å². The van der Waals surface area contributed by atoms with Crippen LogP contribution in [0.25, 0.3) is 21.7 Å². The predicted octanol–water partition coefficient (Wildman–Crippen LogP) is 4.31. The number of aryl methyl sites for hydroxylation is 1. The average molecular weight is 505 g/mol. The maximum Gasteiger partial charge on any atom is 0.265 e. The number of fused-ring (bicyclic) bond motifs is 1. The molecule has 0 bridgehead atoms. The molecule has 0 unspecified atom stereocenters. The minimum Gasteiger partial charge on any atom is -0.482 e. The number of nitrogens with zero attached hydrogens (tertiary/aromatic N) is 2. The largest absolute Gasteiger partial charge is 0.482 e. The summed E-state index contributed by atoms with van der Waals surface area (Å²) in [7, 11) is 0. The number of thiazole rings is 1. The Balaban J connectivity index is 1.40. The summed E-state index contributed by atoms with van der Waals surface area (Å²) in [6.45, 7) is 1.51. The summed E-state index contributed by atoms with van der Waals surface area (Å²) in [5, 5.41) is 5.97. The van der Waals surface area contributed by atoms with Crippen LogP contribution in [0.2, 0.25) is 0 Å². The highest BCUT2D eigenvalue weighted by Gasteiger charge is 2.29. The summed E-state index contributed by atoms with van der Waals surface area (Å²) in [6, 6.07) is 16.6. The summed E-state index contributed by atoms with van der Waals surface area (Å²) in [4.78, 5) is 44.4. The lowest BCUT2D eigenvalue weighted by Crippen LogP contribution is -2.43. The van der Waals surface area contributed by atoms with E-state index in [1.165, 1.54) is 27.6 Å². The molecule has 0 atom stereocenters. The van der Waals surface area contributed by atoms with E-state index in [2.05, 4.69) is 10.3 Å². The lowest BCUT2D eigenvalue weighted by atomic mass is 10.1. The maximum absolute atomic E-state index is 13.0. The molecule has 0 saturated carbocycles. The lowest BCUT2D eigenvalue weighted by Gasteiger charge is -2.29. The summed E-state index contributed by atoms with van der Waals surface area (Å²) in [6.07, 6.45) is 0. The summed E-state index contributed by atoms with van der Waals surface area (Å²) < 4.78 is 5.56. The maximum atomic E-state index is 13.0. The third-order valence-electron chi connectivity index (χ3n) is 5.43. The number of carbonyl (C=O) groups excluding carboxylic acids is 3. The van der Waals surface area contributed by atoms with Gasteiger partial charge in [-0.25, -0.2) is 4.98 Å². The number of aromatic nitrogens is 1. The number of anilines is 2. The molecule has 2 aromatic carbocycles. The minimum absolute atomic E-state index is 0.168. The van der Waals surface area contributed by atoms with Crippen molar-refractivity contribution in [2.24, 2.45) is 5.73 Å². The molecule has 8 nitrogen and oxygen atoms in total. The van der Waals surface area contributed by atoms with E-state index < -0.39 is 11.8 Å². The third-order valence-corrected chi connectivity index (χ3v) is 7.30. The van der Waals surface area contributed by atoms with Crippen molar-refractivity contribution >= 4 is 51.1 Å². The third kappa shape index (κ3) is 4.66. The Kier molecular flexibility index (Phi) is 6.06. The van der Waals surface area contributed by atoms with Gasteiger partial charge >= 0.3 is 0 Å². The number of rotatable bonds is 6. The topological polar surface area (TPSA) is 115 Å². The second kappa shape index (κ2) is 9.32. The van der Waals surface area contributed by atoms with E-state index in [1.807, 2.05) is 48.7 Å². The van der Waals surface area contributed by atoms with Crippen LogP contribution in [0.5, 0.6) is 5.75 Å². The molecule has 1 aliphatic rings. The van der Waals surface area contributed by atoms with Gasteiger partial charge in [0.2, 0.25) is 5.91 Å². The molecule has 176 valence electrons. The quantitative estimate of drug-likeness (QED) is 0.406. The van der Waals surface area contributed by atoms with Gasteiger partial charge in [-0.1, -0.05) is 30.3 Å². The molecule has 2 aromatic heterocycles. The number of nitrogens with one attached hydrogen (secondary N) is 1. The van der Waals surface area contributed by atoms with Crippen LogP contribution < -0.4 is 20.7 Å². The lowest BCUT2D eigenvalue weighted by molar-refractivity contribution is -0.123. The Bertz CT molecular complexity index is 1440. The number of thiophene rings is 1. The van der Waals surface area contributed by atoms with Gasteiger partial charge in [0, 0.05) is 15.8 Å². The zero-order valence-electron chi connectivity index (χ0n) is 18.6. The Labute approximate surface area is 209 Å². The first-order chi connectivity index (χ1) is 16.9. The first-order valence-corrected chi connectivity index (χ1v) is 12.4. The highest BCUT2D eigenvalue weighted by atomic mass is 32.1. The van der Waals surface area contributed by atoms with Crippen LogP contribution in [0, 0.1) is 6.92 Å². The first-order valence-electron chi connectivity index (χ1n) is 10.7. The second-order valence-electron chi connectivity index (χ2n) is 7.83. The molecule has 3 N–H and O–H groups in total. The molecular weight excluding hydrogens is 484 g/mol. The van der Waals surface area contributed by atoms with E-state index in [9.17, 15) is 14.4 Å². The molecular formula is C25H20N4O4S2. The van der Waals surface area contributed by atoms with Gasteiger partial charge in [-0.15, -0.1) is 22.7 Å². The van der Waals surface area contributed by atoms with Gasteiger partial charge in [0.15, 0.2) is 6.61 Å². The van der Waals surface area contributed by atoms with Crippen molar-refractivity contribution in [1.29, 1.82) is 0 Å². The van der Waals surface area contributed by atoms with E-state index in [0.29, 0.717) is 16.4 Å². The fourth-order valence-corrected chi connectivity index (χ4v) is 5.46. The molecule has 10 heteroatoms. The fourth-order valence-electron chi connectivity index (χ4n) is 3.75. The van der Waals surface area contributed by atoms with Gasteiger partial charge in [-0.3, -0.25) is 19.3 Å². The Hall–Kier alpha value is -4.02. The van der Waals surface area contributed by atoms with Gasteiger partial charge in [0.1, 0.15) is 17.3 Å². The van der Waals surface area contributed by atoms with E-state index in [0.717, 1.165) is 26.7 Å². The predicted molar refractivity (Wildman–Crippen MR) is 137 cm³/mol. The Morgan fingerprint density at radius 2 is 1.94 bits per heavy atom. The number of primary amides is 1. The number of amides is 3. The molecule has 3 amide bonds. The molecule has 0 radical (unpaired) electrons. The summed E-state index contributed by atoms with van der Waals surface area (Å²) >= 11 is 2.78. The second-order valence-corrected chi connectivity index (χ2v) is 9.95. The zero-order chi connectivity index (χ0) is 24.5. The number of benzene rings is 2. The SMILES string of the molecule is Cc1nc(-c2ccc3c(c2)N(CC(=O)Nc2sc(-c4ccccc4)cc2C(N)=O)C(=O)CO3)cs1. The molecule has 5 rings (SSSR count). The number of hydrogen-bond donors (Lipinski definition) is 2. The fraction of sp³-hybridized carbons (Fsp3) is 0.120. The van der Waals surface area contributed by atoms with Crippen LogP contribution in [0.3, 0.4) is 0 Å². The van der Waals surface area contributed by atoms with Crippen molar-refractivity contribution in [2.45, 2.75) is 6.92 Å².